The fraction of sp³-hybridized carbons (Fsp3) is 0.429. The van der Waals surface area contributed by atoms with Gasteiger partial charge in [-0.3, -0.25) is 14.5 Å². The lowest BCUT2D eigenvalue weighted by Gasteiger charge is -2.29. The van der Waals surface area contributed by atoms with E-state index in [0.29, 0.717) is 12.8 Å². The number of amides is 2. The van der Waals surface area contributed by atoms with Gasteiger partial charge in [-0.2, -0.15) is 0 Å². The summed E-state index contributed by atoms with van der Waals surface area (Å²) in [6.45, 7) is 3.75. The van der Waals surface area contributed by atoms with Gasteiger partial charge in [0.2, 0.25) is 11.8 Å². The second-order valence-corrected chi connectivity index (χ2v) is 4.53. The number of carbonyl (C=O) groups excluding carboxylic acids is 2. The molecule has 2 rings (SSSR count). The summed E-state index contributed by atoms with van der Waals surface area (Å²) >= 11 is 0. The Balaban J connectivity index is 2.40. The van der Waals surface area contributed by atoms with Crippen molar-refractivity contribution in [3.8, 4) is 12.3 Å². The molecule has 0 bridgehead atoms. The minimum absolute atomic E-state index is 0.0577. The van der Waals surface area contributed by atoms with Crippen molar-refractivity contribution in [2.75, 3.05) is 7.05 Å². The highest BCUT2D eigenvalue weighted by Crippen LogP contribution is 2.42. The average molecular weight is 229 g/mol. The van der Waals surface area contributed by atoms with Gasteiger partial charge in [0.1, 0.15) is 0 Å². The van der Waals surface area contributed by atoms with Crippen LogP contribution in [0.2, 0.25) is 0 Å². The molecule has 0 aromatic rings. The molecule has 1 fully saturated rings. The van der Waals surface area contributed by atoms with Crippen LogP contribution < -0.4 is 0 Å². The van der Waals surface area contributed by atoms with Gasteiger partial charge in [-0.15, -0.1) is 12.3 Å². The highest BCUT2D eigenvalue weighted by atomic mass is 16.2. The number of carbonyl (C=O) groups is 2. The van der Waals surface area contributed by atoms with Crippen LogP contribution in [-0.4, -0.2) is 23.8 Å². The first-order chi connectivity index (χ1) is 8.11. The van der Waals surface area contributed by atoms with Gasteiger partial charge in [0.25, 0.3) is 0 Å². The maximum absolute atomic E-state index is 12.1. The van der Waals surface area contributed by atoms with Crippen molar-refractivity contribution < 1.29 is 9.59 Å². The Morgan fingerprint density at radius 1 is 1.59 bits per heavy atom. The summed E-state index contributed by atoms with van der Waals surface area (Å²) in [5, 5.41) is 0. The smallest absolute Gasteiger partial charge is 0.233 e. The van der Waals surface area contributed by atoms with E-state index in [1.807, 2.05) is 6.08 Å². The summed E-state index contributed by atoms with van der Waals surface area (Å²) in [6, 6.07) is 0. The zero-order valence-corrected chi connectivity index (χ0v) is 9.85. The average Bonchev–Trinajstić information content (AvgIpc) is 2.55. The zero-order chi connectivity index (χ0) is 12.6. The molecule has 1 aliphatic heterocycles. The lowest BCUT2D eigenvalue weighted by molar-refractivity contribution is -0.138. The topological polar surface area (TPSA) is 37.4 Å². The van der Waals surface area contributed by atoms with Crippen LogP contribution in [0.1, 0.15) is 12.8 Å². The summed E-state index contributed by atoms with van der Waals surface area (Å²) in [5.41, 5.74) is 1.00. The molecular weight excluding hydrogens is 214 g/mol. The highest BCUT2D eigenvalue weighted by Gasteiger charge is 2.50. The molecule has 0 unspecified atom stereocenters. The number of likely N-dealkylation sites (tertiary alicyclic amines) is 1. The van der Waals surface area contributed by atoms with Crippen LogP contribution >= 0.6 is 0 Å². The van der Waals surface area contributed by atoms with E-state index >= 15 is 0 Å². The third-order valence-electron chi connectivity index (χ3n) is 3.74. The SMILES string of the molecule is C#CC[C@H]1C(C=C)=CC[C@@H]2C(=O)N(C)C(=O)[C@@H]21. The lowest BCUT2D eigenvalue weighted by Crippen LogP contribution is -2.31. The Morgan fingerprint density at radius 2 is 2.29 bits per heavy atom. The first-order valence-corrected chi connectivity index (χ1v) is 5.69. The molecule has 0 N–H and O–H groups in total. The van der Waals surface area contributed by atoms with E-state index in [9.17, 15) is 9.59 Å². The molecule has 0 aromatic carbocycles. The Bertz CT molecular complexity index is 455. The van der Waals surface area contributed by atoms with E-state index < -0.39 is 0 Å². The molecule has 0 spiro atoms. The predicted octanol–water partition coefficient (Wildman–Crippen LogP) is 1.37. The fourth-order valence-corrected chi connectivity index (χ4v) is 2.83. The van der Waals surface area contributed by atoms with Gasteiger partial charge >= 0.3 is 0 Å². The van der Waals surface area contributed by atoms with Crippen molar-refractivity contribution in [3.05, 3.63) is 24.3 Å². The number of fused-ring (bicyclic) bond motifs is 1. The molecule has 3 heteroatoms. The number of imide groups is 1. The molecule has 88 valence electrons. The monoisotopic (exact) mass is 229 g/mol. The summed E-state index contributed by atoms with van der Waals surface area (Å²) in [6.07, 6.45) is 10.2. The third kappa shape index (κ3) is 1.61. The molecule has 3 nitrogen and oxygen atoms in total. The quantitative estimate of drug-likeness (QED) is 0.530. The van der Waals surface area contributed by atoms with Crippen molar-refractivity contribution in [2.24, 2.45) is 17.8 Å². The van der Waals surface area contributed by atoms with Gasteiger partial charge in [-0.05, 0) is 12.0 Å². The number of allylic oxidation sites excluding steroid dienone is 3. The number of terminal acetylenes is 1. The molecule has 1 heterocycles. The Morgan fingerprint density at radius 3 is 2.88 bits per heavy atom. The van der Waals surface area contributed by atoms with Gasteiger partial charge in [0, 0.05) is 19.4 Å². The Hall–Kier alpha value is -1.82. The van der Waals surface area contributed by atoms with Crippen molar-refractivity contribution >= 4 is 11.8 Å². The standard InChI is InChI=1S/C14H15NO2/c1-4-6-10-9(5-2)7-8-11-12(10)14(17)15(3)13(11)16/h1,5,7,10-12H,2,6,8H2,3H3/t10-,11-,12+/m0/s1. The maximum Gasteiger partial charge on any atom is 0.233 e. The summed E-state index contributed by atoms with van der Waals surface area (Å²) in [7, 11) is 1.55. The number of rotatable bonds is 2. The second kappa shape index (κ2) is 4.21. The normalized spacial score (nSPS) is 31.9. The van der Waals surface area contributed by atoms with Crippen molar-refractivity contribution in [2.45, 2.75) is 12.8 Å². The van der Waals surface area contributed by atoms with Crippen molar-refractivity contribution in [3.63, 3.8) is 0 Å². The summed E-state index contributed by atoms with van der Waals surface area (Å²) in [5.74, 6) is 1.83. The Labute approximate surface area is 101 Å². The van der Waals surface area contributed by atoms with Gasteiger partial charge in [-0.25, -0.2) is 0 Å². The van der Waals surface area contributed by atoms with E-state index in [1.165, 1.54) is 4.90 Å². The Kier molecular flexibility index (Phi) is 2.89. The number of nitrogens with zero attached hydrogens (tertiary/aromatic N) is 1. The molecule has 2 amide bonds. The van der Waals surface area contributed by atoms with Gasteiger partial charge in [0.05, 0.1) is 11.8 Å². The van der Waals surface area contributed by atoms with Gasteiger partial charge < -0.3 is 0 Å². The number of hydrogen-bond acceptors (Lipinski definition) is 2. The summed E-state index contributed by atoms with van der Waals surface area (Å²) in [4.78, 5) is 25.2. The van der Waals surface area contributed by atoms with Crippen LogP contribution in [-0.2, 0) is 9.59 Å². The zero-order valence-electron chi connectivity index (χ0n) is 9.85. The van der Waals surface area contributed by atoms with Crippen LogP contribution in [0, 0.1) is 30.1 Å². The van der Waals surface area contributed by atoms with Crippen LogP contribution in [0.25, 0.3) is 0 Å². The second-order valence-electron chi connectivity index (χ2n) is 4.53. The van der Waals surface area contributed by atoms with E-state index in [2.05, 4.69) is 12.5 Å². The van der Waals surface area contributed by atoms with Gasteiger partial charge in [0.15, 0.2) is 0 Å². The van der Waals surface area contributed by atoms with Crippen LogP contribution in [0.15, 0.2) is 24.3 Å². The summed E-state index contributed by atoms with van der Waals surface area (Å²) < 4.78 is 0. The predicted molar refractivity (Wildman–Crippen MR) is 64.6 cm³/mol. The van der Waals surface area contributed by atoms with E-state index in [1.54, 1.807) is 13.1 Å². The highest BCUT2D eigenvalue weighted by molar-refractivity contribution is 6.05. The minimum atomic E-state index is -0.290. The molecule has 1 aliphatic carbocycles. The molecule has 0 saturated carbocycles. The maximum atomic E-state index is 12.1. The minimum Gasteiger partial charge on any atom is -0.285 e. The molecule has 2 aliphatic rings. The fourth-order valence-electron chi connectivity index (χ4n) is 2.83. The van der Waals surface area contributed by atoms with Crippen molar-refractivity contribution in [1.29, 1.82) is 0 Å². The largest absolute Gasteiger partial charge is 0.285 e. The first kappa shape index (κ1) is 11.7. The van der Waals surface area contributed by atoms with Crippen LogP contribution in [0.4, 0.5) is 0 Å². The lowest BCUT2D eigenvalue weighted by atomic mass is 9.72. The third-order valence-corrected chi connectivity index (χ3v) is 3.74. The molecule has 17 heavy (non-hydrogen) atoms. The van der Waals surface area contributed by atoms with E-state index in [0.717, 1.165) is 5.57 Å². The molecule has 3 atom stereocenters. The van der Waals surface area contributed by atoms with Crippen molar-refractivity contribution in [1.82, 2.24) is 4.90 Å². The number of hydrogen-bond donors (Lipinski definition) is 0. The molecular formula is C14H15NO2. The van der Waals surface area contributed by atoms with E-state index in [-0.39, 0.29) is 29.6 Å². The van der Waals surface area contributed by atoms with Crippen LogP contribution in [0.3, 0.4) is 0 Å². The van der Waals surface area contributed by atoms with Gasteiger partial charge in [-0.1, -0.05) is 18.7 Å². The molecule has 0 radical (unpaired) electrons. The first-order valence-electron chi connectivity index (χ1n) is 5.69. The molecule has 0 aromatic heterocycles. The van der Waals surface area contributed by atoms with E-state index in [4.69, 9.17) is 6.42 Å². The molecule has 1 saturated heterocycles. The van der Waals surface area contributed by atoms with Crippen LogP contribution in [0.5, 0.6) is 0 Å².